The number of nitrogens with zero attached hydrogens (tertiary/aromatic N) is 4. The van der Waals surface area contributed by atoms with Crippen molar-refractivity contribution in [2.45, 2.75) is 58.3 Å². The van der Waals surface area contributed by atoms with Gasteiger partial charge in [0.05, 0.1) is 13.7 Å². The summed E-state index contributed by atoms with van der Waals surface area (Å²) in [6, 6.07) is 8.95. The fraction of sp³-hybridized carbons (Fsp3) is 0.526. The highest BCUT2D eigenvalue weighted by molar-refractivity contribution is 5.34. The molecule has 1 aliphatic rings. The molecule has 1 saturated heterocycles. The minimum absolute atomic E-state index is 0.254. The van der Waals surface area contributed by atoms with Crippen molar-refractivity contribution < 1.29 is 4.74 Å². The summed E-state index contributed by atoms with van der Waals surface area (Å²) in [6.45, 7) is 5.85. The van der Waals surface area contributed by atoms with E-state index in [0.29, 0.717) is 31.1 Å². The van der Waals surface area contributed by atoms with E-state index in [-0.39, 0.29) is 5.95 Å². The maximum absolute atomic E-state index is 5.90. The van der Waals surface area contributed by atoms with Crippen molar-refractivity contribution in [1.82, 2.24) is 19.9 Å². The van der Waals surface area contributed by atoms with Gasteiger partial charge in [0, 0.05) is 18.6 Å². The number of aromatic nitrogens is 3. The number of rotatable bonds is 6. The van der Waals surface area contributed by atoms with Crippen molar-refractivity contribution in [3.8, 4) is 5.75 Å². The number of nitrogen functional groups attached to an aromatic ring is 1. The topological polar surface area (TPSA) is 89.2 Å². The molecule has 0 radical (unpaired) electrons. The Morgan fingerprint density at radius 1 is 1.12 bits per heavy atom. The Hall–Kier alpha value is -2.41. The highest BCUT2D eigenvalue weighted by Crippen LogP contribution is 2.24. The normalized spacial score (nSPS) is 20.7. The van der Waals surface area contributed by atoms with Crippen LogP contribution in [-0.4, -0.2) is 39.0 Å². The average Bonchev–Trinajstić information content (AvgIpc) is 2.63. The molecule has 1 aliphatic heterocycles. The molecule has 1 aromatic carbocycles. The fourth-order valence-electron chi connectivity index (χ4n) is 3.46. The zero-order valence-corrected chi connectivity index (χ0v) is 15.8. The number of hydrogen-bond donors (Lipinski definition) is 2. The maximum Gasteiger partial charge on any atom is 0.228 e. The third-order valence-electron chi connectivity index (χ3n) is 5.01. The van der Waals surface area contributed by atoms with Crippen LogP contribution in [0, 0.1) is 0 Å². The molecule has 0 amide bonds. The van der Waals surface area contributed by atoms with Crippen LogP contribution in [0.3, 0.4) is 0 Å². The summed E-state index contributed by atoms with van der Waals surface area (Å²) in [7, 11) is 1.66. The van der Waals surface area contributed by atoms with Crippen LogP contribution in [0.5, 0.6) is 5.75 Å². The molecule has 2 heterocycles. The van der Waals surface area contributed by atoms with E-state index in [9.17, 15) is 0 Å². The van der Waals surface area contributed by atoms with Gasteiger partial charge in [-0.2, -0.15) is 15.0 Å². The maximum atomic E-state index is 5.90. The van der Waals surface area contributed by atoms with Crippen LogP contribution in [-0.2, 0) is 13.1 Å². The van der Waals surface area contributed by atoms with Gasteiger partial charge in [0.15, 0.2) is 0 Å². The lowest BCUT2D eigenvalue weighted by atomic mass is 9.97. The molecule has 3 N–H and O–H groups in total. The number of piperidine rings is 1. The van der Waals surface area contributed by atoms with E-state index in [0.717, 1.165) is 17.1 Å². The summed E-state index contributed by atoms with van der Waals surface area (Å²) >= 11 is 0. The van der Waals surface area contributed by atoms with Crippen LogP contribution >= 0.6 is 0 Å². The Labute approximate surface area is 155 Å². The first-order valence-electron chi connectivity index (χ1n) is 9.18. The fourth-order valence-corrected chi connectivity index (χ4v) is 3.46. The largest absolute Gasteiger partial charge is 0.497 e. The number of likely N-dealkylation sites (tertiary alicyclic amines) is 1. The van der Waals surface area contributed by atoms with E-state index >= 15 is 0 Å². The van der Waals surface area contributed by atoms with Crippen LogP contribution < -0.4 is 15.8 Å². The Morgan fingerprint density at radius 3 is 2.46 bits per heavy atom. The second kappa shape index (κ2) is 8.31. The van der Waals surface area contributed by atoms with Crippen molar-refractivity contribution in [3.63, 3.8) is 0 Å². The van der Waals surface area contributed by atoms with Gasteiger partial charge in [-0.15, -0.1) is 0 Å². The molecular weight excluding hydrogens is 328 g/mol. The van der Waals surface area contributed by atoms with Gasteiger partial charge in [-0.1, -0.05) is 18.6 Å². The SMILES string of the molecule is COc1ccc(CNc2nc(N)nc(CN3C(C)CCCC3C)n2)cc1. The highest BCUT2D eigenvalue weighted by atomic mass is 16.5. The summed E-state index contributed by atoms with van der Waals surface area (Å²) in [6.07, 6.45) is 3.72. The average molecular weight is 356 g/mol. The lowest BCUT2D eigenvalue weighted by Crippen LogP contribution is -2.43. The molecule has 0 saturated carbocycles. The van der Waals surface area contributed by atoms with Gasteiger partial charge in [-0.25, -0.2) is 0 Å². The van der Waals surface area contributed by atoms with Gasteiger partial charge in [0.2, 0.25) is 11.9 Å². The van der Waals surface area contributed by atoms with Crippen LogP contribution in [0.4, 0.5) is 11.9 Å². The first-order valence-corrected chi connectivity index (χ1v) is 9.18. The quantitative estimate of drug-likeness (QED) is 0.822. The predicted molar refractivity (Wildman–Crippen MR) is 103 cm³/mol. The molecule has 26 heavy (non-hydrogen) atoms. The van der Waals surface area contributed by atoms with Crippen LogP contribution in [0.1, 0.15) is 44.5 Å². The zero-order chi connectivity index (χ0) is 18.5. The first kappa shape index (κ1) is 18.4. The number of methoxy groups -OCH3 is 1. The first-order chi connectivity index (χ1) is 12.5. The van der Waals surface area contributed by atoms with Gasteiger partial charge in [-0.05, 0) is 44.4 Å². The lowest BCUT2D eigenvalue weighted by molar-refractivity contribution is 0.0922. The third kappa shape index (κ3) is 4.60. The Bertz CT molecular complexity index is 710. The number of benzene rings is 1. The Kier molecular flexibility index (Phi) is 5.88. The van der Waals surface area contributed by atoms with Crippen molar-refractivity contribution in [1.29, 1.82) is 0 Å². The number of ether oxygens (including phenoxy) is 1. The van der Waals surface area contributed by atoms with Crippen LogP contribution in [0.25, 0.3) is 0 Å². The molecular formula is C19H28N6O. The zero-order valence-electron chi connectivity index (χ0n) is 15.8. The third-order valence-corrected chi connectivity index (χ3v) is 5.01. The number of anilines is 2. The summed E-state index contributed by atoms with van der Waals surface area (Å²) < 4.78 is 5.18. The molecule has 1 fully saturated rings. The molecule has 2 atom stereocenters. The van der Waals surface area contributed by atoms with Gasteiger partial charge < -0.3 is 15.8 Å². The Balaban J connectivity index is 1.66. The second-order valence-electron chi connectivity index (χ2n) is 6.94. The van der Waals surface area contributed by atoms with Crippen LogP contribution in [0.15, 0.2) is 24.3 Å². The van der Waals surface area contributed by atoms with E-state index in [1.165, 1.54) is 19.3 Å². The lowest BCUT2D eigenvalue weighted by Gasteiger charge is -2.38. The number of nitrogens with one attached hydrogen (secondary N) is 1. The van der Waals surface area contributed by atoms with Gasteiger partial charge >= 0.3 is 0 Å². The molecule has 0 spiro atoms. The van der Waals surface area contributed by atoms with Crippen molar-refractivity contribution in [2.24, 2.45) is 0 Å². The van der Waals surface area contributed by atoms with Crippen molar-refractivity contribution in [3.05, 3.63) is 35.7 Å². The molecule has 2 unspecified atom stereocenters. The highest BCUT2D eigenvalue weighted by Gasteiger charge is 2.25. The number of hydrogen-bond acceptors (Lipinski definition) is 7. The molecule has 0 aliphatic carbocycles. The smallest absolute Gasteiger partial charge is 0.228 e. The van der Waals surface area contributed by atoms with Gasteiger partial charge in [0.1, 0.15) is 11.6 Å². The molecule has 140 valence electrons. The van der Waals surface area contributed by atoms with Gasteiger partial charge in [0.25, 0.3) is 0 Å². The van der Waals surface area contributed by atoms with E-state index in [1.54, 1.807) is 7.11 Å². The van der Waals surface area contributed by atoms with Gasteiger partial charge in [-0.3, -0.25) is 4.90 Å². The Morgan fingerprint density at radius 2 is 1.81 bits per heavy atom. The summed E-state index contributed by atoms with van der Waals surface area (Å²) in [5.74, 6) is 2.32. The summed E-state index contributed by atoms with van der Waals surface area (Å²) in [5.41, 5.74) is 7.02. The molecule has 0 bridgehead atoms. The summed E-state index contributed by atoms with van der Waals surface area (Å²) in [5, 5.41) is 3.24. The van der Waals surface area contributed by atoms with E-state index in [4.69, 9.17) is 10.5 Å². The molecule has 1 aromatic heterocycles. The predicted octanol–water partition coefficient (Wildman–Crippen LogP) is 2.84. The van der Waals surface area contributed by atoms with Crippen LogP contribution in [0.2, 0.25) is 0 Å². The molecule has 7 heteroatoms. The molecule has 3 rings (SSSR count). The minimum Gasteiger partial charge on any atom is -0.497 e. The minimum atomic E-state index is 0.254. The van der Waals surface area contributed by atoms with Crippen molar-refractivity contribution in [2.75, 3.05) is 18.2 Å². The monoisotopic (exact) mass is 356 g/mol. The van der Waals surface area contributed by atoms with E-state index in [1.807, 2.05) is 24.3 Å². The van der Waals surface area contributed by atoms with E-state index in [2.05, 4.69) is 39.0 Å². The standard InChI is InChI=1S/C19H28N6O/c1-13-5-4-6-14(2)25(13)12-17-22-18(20)24-19(23-17)21-11-15-7-9-16(26-3)10-8-15/h7-10,13-14H,4-6,11-12H2,1-3H3,(H3,20,21,22,23,24). The van der Waals surface area contributed by atoms with Crippen molar-refractivity contribution >= 4 is 11.9 Å². The second-order valence-corrected chi connectivity index (χ2v) is 6.94. The molecule has 7 nitrogen and oxygen atoms in total. The summed E-state index contributed by atoms with van der Waals surface area (Å²) in [4.78, 5) is 15.6. The molecule has 2 aromatic rings. The number of nitrogens with two attached hydrogens (primary N) is 1. The van der Waals surface area contributed by atoms with E-state index < -0.39 is 0 Å².